The van der Waals surface area contributed by atoms with Crippen LogP contribution in [0.25, 0.3) is 55.7 Å². The molecular formula is C41H36N10O2. The van der Waals surface area contributed by atoms with Crippen LogP contribution in [0.5, 0.6) is 0 Å². The van der Waals surface area contributed by atoms with Crippen molar-refractivity contribution in [2.75, 3.05) is 17.3 Å². The lowest BCUT2D eigenvalue weighted by Crippen LogP contribution is -2.22. The molecule has 2 amide bonds. The number of fused-ring (bicyclic) bond motifs is 2. The Morgan fingerprint density at radius 3 is 1.64 bits per heavy atom. The van der Waals surface area contributed by atoms with Gasteiger partial charge in [0, 0.05) is 66.6 Å². The van der Waals surface area contributed by atoms with Gasteiger partial charge in [0.25, 0.3) is 0 Å². The number of carbonyl (C=O) groups excluding carboxylic acids is 2. The zero-order valence-electron chi connectivity index (χ0n) is 29.9. The number of hydrogen-bond acceptors (Lipinski definition) is 8. The maximum absolute atomic E-state index is 11.6. The quantitative estimate of drug-likeness (QED) is 0.188. The van der Waals surface area contributed by atoms with E-state index in [1.165, 1.54) is 13.8 Å². The van der Waals surface area contributed by atoms with Gasteiger partial charge >= 0.3 is 0 Å². The van der Waals surface area contributed by atoms with Crippen LogP contribution in [0.4, 0.5) is 11.4 Å². The predicted molar refractivity (Wildman–Crippen MR) is 207 cm³/mol. The Hall–Kier alpha value is -7.08. The van der Waals surface area contributed by atoms with E-state index in [2.05, 4.69) is 47.6 Å². The van der Waals surface area contributed by atoms with E-state index in [1.54, 1.807) is 36.7 Å². The first-order valence-electron chi connectivity index (χ1n) is 16.9. The van der Waals surface area contributed by atoms with Crippen LogP contribution in [0.2, 0.25) is 0 Å². The minimum absolute atomic E-state index is 0.0343. The molecule has 0 unspecified atom stereocenters. The Balaban J connectivity index is 0.000000164. The van der Waals surface area contributed by atoms with Crippen molar-refractivity contribution in [3.8, 4) is 33.9 Å². The van der Waals surface area contributed by atoms with E-state index in [1.807, 2.05) is 108 Å². The molecule has 0 aliphatic heterocycles. The predicted octanol–water partition coefficient (Wildman–Crippen LogP) is 7.52. The third kappa shape index (κ3) is 7.52. The molecule has 6 heterocycles. The Kier molecular flexibility index (Phi) is 9.50. The lowest BCUT2D eigenvalue weighted by atomic mass is 10.1. The van der Waals surface area contributed by atoms with Crippen molar-refractivity contribution in [2.24, 2.45) is 0 Å². The summed E-state index contributed by atoms with van der Waals surface area (Å²) < 4.78 is 3.67. The SMILES string of the molecule is CC(=O)N(C)c1cncc(-c2ccc3cnn(-c4cccc(C)n4)c3c2)c1.CC(=O)Nc1cncc(-c2ccc3cnn(-c4cccc(C)n4)c3c2)c1. The van der Waals surface area contributed by atoms with Crippen LogP contribution in [0.15, 0.2) is 122 Å². The van der Waals surface area contributed by atoms with Gasteiger partial charge in [-0.25, -0.2) is 19.3 Å². The van der Waals surface area contributed by atoms with Crippen molar-refractivity contribution in [1.82, 2.24) is 39.5 Å². The first-order chi connectivity index (χ1) is 25.6. The van der Waals surface area contributed by atoms with Crippen LogP contribution in [-0.2, 0) is 9.59 Å². The number of rotatable bonds is 6. The van der Waals surface area contributed by atoms with Gasteiger partial charge < -0.3 is 10.2 Å². The number of benzene rings is 2. The third-order valence-electron chi connectivity index (χ3n) is 8.63. The van der Waals surface area contributed by atoms with Crippen molar-refractivity contribution in [1.29, 1.82) is 0 Å². The van der Waals surface area contributed by atoms with Gasteiger partial charge in [0.15, 0.2) is 11.6 Å². The van der Waals surface area contributed by atoms with Gasteiger partial charge in [0.1, 0.15) is 0 Å². The second-order valence-electron chi connectivity index (χ2n) is 12.6. The number of amides is 2. The number of hydrogen-bond donors (Lipinski definition) is 1. The van der Waals surface area contributed by atoms with E-state index in [0.717, 1.165) is 72.8 Å². The number of aryl methyl sites for hydroxylation is 2. The average molecular weight is 701 g/mol. The summed E-state index contributed by atoms with van der Waals surface area (Å²) in [5.41, 5.74) is 9.09. The fourth-order valence-electron chi connectivity index (χ4n) is 5.87. The van der Waals surface area contributed by atoms with Crippen molar-refractivity contribution in [3.63, 3.8) is 0 Å². The lowest BCUT2D eigenvalue weighted by molar-refractivity contribution is -0.116. The van der Waals surface area contributed by atoms with Gasteiger partial charge in [0.2, 0.25) is 11.8 Å². The summed E-state index contributed by atoms with van der Waals surface area (Å²) in [4.78, 5) is 42.1. The first-order valence-corrected chi connectivity index (χ1v) is 16.9. The van der Waals surface area contributed by atoms with E-state index >= 15 is 0 Å². The third-order valence-corrected chi connectivity index (χ3v) is 8.63. The van der Waals surface area contributed by atoms with Crippen LogP contribution in [0.1, 0.15) is 25.2 Å². The summed E-state index contributed by atoms with van der Waals surface area (Å²) in [5, 5.41) is 13.8. The monoisotopic (exact) mass is 700 g/mol. The fourth-order valence-corrected chi connectivity index (χ4v) is 5.87. The maximum Gasteiger partial charge on any atom is 0.223 e. The number of anilines is 2. The second kappa shape index (κ2) is 14.6. The highest BCUT2D eigenvalue weighted by atomic mass is 16.2. The van der Waals surface area contributed by atoms with Crippen molar-refractivity contribution in [2.45, 2.75) is 27.7 Å². The van der Waals surface area contributed by atoms with Crippen molar-refractivity contribution in [3.05, 3.63) is 133 Å². The van der Waals surface area contributed by atoms with Gasteiger partial charge in [-0.05, 0) is 73.5 Å². The van der Waals surface area contributed by atoms with Gasteiger partial charge in [-0.2, -0.15) is 10.2 Å². The molecule has 8 rings (SSSR count). The van der Waals surface area contributed by atoms with Gasteiger partial charge in [-0.1, -0.05) is 36.4 Å². The molecule has 12 heteroatoms. The molecule has 0 radical (unpaired) electrons. The summed E-state index contributed by atoms with van der Waals surface area (Å²) in [5.74, 6) is 1.41. The highest BCUT2D eigenvalue weighted by molar-refractivity contribution is 5.92. The summed E-state index contributed by atoms with van der Waals surface area (Å²) in [6.45, 7) is 6.93. The largest absolute Gasteiger partial charge is 0.325 e. The molecule has 12 nitrogen and oxygen atoms in total. The minimum Gasteiger partial charge on any atom is -0.325 e. The normalized spacial score (nSPS) is 10.9. The van der Waals surface area contributed by atoms with E-state index in [-0.39, 0.29) is 11.8 Å². The molecule has 0 aliphatic rings. The molecule has 6 aromatic heterocycles. The number of aromatic nitrogens is 8. The van der Waals surface area contributed by atoms with Gasteiger partial charge in [-0.15, -0.1) is 0 Å². The van der Waals surface area contributed by atoms with Gasteiger partial charge in [0.05, 0.1) is 47.2 Å². The number of nitrogens with one attached hydrogen (secondary N) is 1. The summed E-state index contributed by atoms with van der Waals surface area (Å²) in [7, 11) is 1.74. The van der Waals surface area contributed by atoms with Gasteiger partial charge in [-0.3, -0.25) is 19.6 Å². The molecule has 262 valence electrons. The molecular weight excluding hydrogens is 665 g/mol. The molecule has 0 atom stereocenters. The Bertz CT molecular complexity index is 2630. The average Bonchev–Trinajstić information content (AvgIpc) is 3.79. The number of carbonyl (C=O) groups is 2. The topological polar surface area (TPSA) is 137 Å². The van der Waals surface area contributed by atoms with E-state index in [0.29, 0.717) is 5.69 Å². The zero-order chi connectivity index (χ0) is 37.1. The Labute approximate surface area is 305 Å². The van der Waals surface area contributed by atoms with E-state index in [9.17, 15) is 9.59 Å². The van der Waals surface area contributed by atoms with E-state index in [4.69, 9.17) is 0 Å². The summed E-state index contributed by atoms with van der Waals surface area (Å²) >= 11 is 0. The standard InChI is InChI=1S/C21H19N5O.C20H17N5O/c1-14-5-4-6-21(24-14)26-20-10-16(7-8-17(20)12-23-26)18-9-19(13-22-11-18)25(3)15(2)27;1-13-4-3-5-20(23-13)25-19-9-15(6-7-16(19)11-22-25)17-8-18(12-21-10-17)24-14(2)26/h4-13H,1-3H3;3-12H,1-2H3,(H,24,26). The molecule has 53 heavy (non-hydrogen) atoms. The Morgan fingerprint density at radius 1 is 0.604 bits per heavy atom. The second-order valence-corrected chi connectivity index (χ2v) is 12.6. The number of nitrogens with zero attached hydrogens (tertiary/aromatic N) is 9. The van der Waals surface area contributed by atoms with Crippen LogP contribution in [-0.4, -0.2) is 58.4 Å². The number of pyridine rings is 4. The van der Waals surface area contributed by atoms with Crippen LogP contribution in [0, 0.1) is 13.8 Å². The molecule has 0 aliphatic carbocycles. The molecule has 2 aromatic carbocycles. The fraction of sp³-hybridized carbons (Fsp3) is 0.122. The maximum atomic E-state index is 11.6. The molecule has 8 aromatic rings. The Morgan fingerprint density at radius 2 is 1.13 bits per heavy atom. The molecule has 0 saturated heterocycles. The minimum atomic E-state index is -0.122. The highest BCUT2D eigenvalue weighted by Crippen LogP contribution is 2.29. The van der Waals surface area contributed by atoms with Crippen LogP contribution >= 0.6 is 0 Å². The first kappa shape index (κ1) is 34.4. The molecule has 1 N–H and O–H groups in total. The smallest absolute Gasteiger partial charge is 0.223 e. The highest BCUT2D eigenvalue weighted by Gasteiger charge is 2.12. The lowest BCUT2D eigenvalue weighted by Gasteiger charge is -2.15. The van der Waals surface area contributed by atoms with Crippen LogP contribution in [0.3, 0.4) is 0 Å². The molecule has 0 bridgehead atoms. The van der Waals surface area contributed by atoms with Crippen molar-refractivity contribution >= 4 is 45.0 Å². The molecule has 0 fully saturated rings. The molecule has 0 saturated carbocycles. The van der Waals surface area contributed by atoms with Crippen LogP contribution < -0.4 is 10.2 Å². The van der Waals surface area contributed by atoms with E-state index < -0.39 is 0 Å². The molecule has 0 spiro atoms. The van der Waals surface area contributed by atoms with Crippen molar-refractivity contribution < 1.29 is 9.59 Å². The zero-order valence-corrected chi connectivity index (χ0v) is 29.9. The summed E-state index contributed by atoms with van der Waals surface area (Å²) in [6, 6.07) is 27.8. The summed E-state index contributed by atoms with van der Waals surface area (Å²) in [6.07, 6.45) is 10.5.